The fourth-order valence-corrected chi connectivity index (χ4v) is 2.66. The standard InChI is InChI=1S/C14H12F3NO3S.Na.3H2O/c15-14(16,17)11-7-4-8-12(9-11)18-13(22(19,20)21)10-5-2-1-3-6-10;;;;/h1-9,13,18H,(H,19,20,21);;3*1H2/q;+1;;;/p-1. The summed E-state index contributed by atoms with van der Waals surface area (Å²) in [6, 6.07) is 11.5. The van der Waals surface area contributed by atoms with Gasteiger partial charge in [-0.25, -0.2) is 8.42 Å². The monoisotopic (exact) mass is 407 g/mol. The van der Waals surface area contributed by atoms with E-state index < -0.39 is 27.2 Å². The molecule has 0 saturated heterocycles. The Labute approximate surface area is 170 Å². The number of nitrogens with one attached hydrogen (secondary N) is 1. The Kier molecular flexibility index (Phi) is 13.1. The van der Waals surface area contributed by atoms with Gasteiger partial charge < -0.3 is 26.3 Å². The minimum Gasteiger partial charge on any atom is -0.746 e. The van der Waals surface area contributed by atoms with E-state index in [1.54, 1.807) is 6.07 Å². The molecule has 0 bridgehead atoms. The molecule has 2 aromatic carbocycles. The predicted molar refractivity (Wildman–Crippen MR) is 84.8 cm³/mol. The van der Waals surface area contributed by atoms with Crippen LogP contribution in [-0.2, 0) is 16.3 Å². The second kappa shape index (κ2) is 11.5. The van der Waals surface area contributed by atoms with Crippen molar-refractivity contribution >= 4 is 15.8 Å². The molecule has 0 fully saturated rings. The van der Waals surface area contributed by atoms with Crippen molar-refractivity contribution in [1.29, 1.82) is 0 Å². The van der Waals surface area contributed by atoms with Gasteiger partial charge in [-0.05, 0) is 23.8 Å². The van der Waals surface area contributed by atoms with Gasteiger partial charge in [0.25, 0.3) is 0 Å². The van der Waals surface area contributed by atoms with Crippen LogP contribution in [-0.4, -0.2) is 29.4 Å². The molecule has 2 aromatic rings. The topological polar surface area (TPSA) is 164 Å². The third kappa shape index (κ3) is 8.01. The first-order chi connectivity index (χ1) is 10.2. The van der Waals surface area contributed by atoms with Crippen LogP contribution in [0.1, 0.15) is 16.5 Å². The Bertz CT molecular complexity index is 759. The minimum absolute atomic E-state index is 0. The molecule has 2 rings (SSSR count). The molecule has 1 atom stereocenters. The average Bonchev–Trinajstić information content (AvgIpc) is 2.44. The summed E-state index contributed by atoms with van der Waals surface area (Å²) in [5.41, 5.74) is -0.898. The quantitative estimate of drug-likeness (QED) is 0.453. The van der Waals surface area contributed by atoms with Gasteiger partial charge in [-0.1, -0.05) is 36.4 Å². The Balaban J connectivity index is -0.00000132. The minimum atomic E-state index is -4.81. The zero-order valence-corrected chi connectivity index (χ0v) is 16.4. The fraction of sp³-hybridized carbons (Fsp3) is 0.143. The number of anilines is 1. The van der Waals surface area contributed by atoms with Crippen molar-refractivity contribution < 1.29 is 72.1 Å². The molecule has 12 heteroatoms. The normalized spacial score (nSPS) is 11.5. The summed E-state index contributed by atoms with van der Waals surface area (Å²) >= 11 is 0. The van der Waals surface area contributed by atoms with Gasteiger partial charge in [-0.2, -0.15) is 13.2 Å². The second-order valence-electron chi connectivity index (χ2n) is 4.51. The number of hydrogen-bond donors (Lipinski definition) is 1. The van der Waals surface area contributed by atoms with E-state index in [9.17, 15) is 26.1 Å². The van der Waals surface area contributed by atoms with Crippen LogP contribution < -0.4 is 34.9 Å². The first kappa shape index (κ1) is 29.6. The summed E-state index contributed by atoms with van der Waals surface area (Å²) in [5, 5.41) is 0.678. The zero-order chi connectivity index (χ0) is 16.4. The number of hydrogen-bond acceptors (Lipinski definition) is 4. The van der Waals surface area contributed by atoms with Crippen LogP contribution in [0.25, 0.3) is 0 Å². The molecular formula is C14H17F3NNaO6S. The van der Waals surface area contributed by atoms with Crippen molar-refractivity contribution in [2.24, 2.45) is 0 Å². The summed E-state index contributed by atoms with van der Waals surface area (Å²) in [5.74, 6) is 0. The van der Waals surface area contributed by atoms with Gasteiger partial charge in [0.15, 0.2) is 0 Å². The molecule has 0 radical (unpaired) electrons. The third-order valence-corrected chi connectivity index (χ3v) is 3.85. The maximum atomic E-state index is 12.7. The Hall–Kier alpha value is -1.18. The van der Waals surface area contributed by atoms with Crippen molar-refractivity contribution in [1.82, 2.24) is 0 Å². The number of alkyl halides is 3. The molecule has 0 aliphatic carbocycles. The summed E-state index contributed by atoms with van der Waals surface area (Å²) in [7, 11) is -4.81. The van der Waals surface area contributed by atoms with E-state index in [2.05, 4.69) is 5.32 Å². The summed E-state index contributed by atoms with van der Waals surface area (Å²) < 4.78 is 72.1. The molecule has 0 aliphatic rings. The van der Waals surface area contributed by atoms with E-state index in [-0.39, 0.29) is 57.2 Å². The van der Waals surface area contributed by atoms with Crippen LogP contribution >= 0.6 is 0 Å². The molecular weight excluding hydrogens is 390 g/mol. The van der Waals surface area contributed by atoms with Crippen molar-refractivity contribution in [3.05, 3.63) is 65.7 Å². The molecule has 0 spiro atoms. The van der Waals surface area contributed by atoms with Crippen LogP contribution in [0.5, 0.6) is 0 Å². The van der Waals surface area contributed by atoms with E-state index in [0.717, 1.165) is 18.2 Å². The van der Waals surface area contributed by atoms with Gasteiger partial charge in [0.2, 0.25) is 0 Å². The largest absolute Gasteiger partial charge is 1.00 e. The van der Waals surface area contributed by atoms with Gasteiger partial charge in [0.05, 0.1) is 5.56 Å². The van der Waals surface area contributed by atoms with Gasteiger partial charge in [0, 0.05) is 5.69 Å². The first-order valence-electron chi connectivity index (χ1n) is 6.11. The van der Waals surface area contributed by atoms with Crippen molar-refractivity contribution in [2.75, 3.05) is 5.32 Å². The SMILES string of the molecule is O.O.O.O=S(=O)([O-])C(Nc1cccc(C(F)(F)F)c1)c1ccccc1.[Na+]. The van der Waals surface area contributed by atoms with Crippen molar-refractivity contribution in [3.63, 3.8) is 0 Å². The summed E-state index contributed by atoms with van der Waals surface area (Å²) in [6.07, 6.45) is -4.56. The van der Waals surface area contributed by atoms with Crippen LogP contribution in [0, 0.1) is 0 Å². The Morgan fingerprint density at radius 3 is 1.92 bits per heavy atom. The molecule has 0 aliphatic heterocycles. The molecule has 0 amide bonds. The predicted octanol–water partition coefficient (Wildman–Crippen LogP) is -2.11. The van der Waals surface area contributed by atoms with E-state index in [0.29, 0.717) is 0 Å². The van der Waals surface area contributed by atoms with Gasteiger partial charge in [-0.3, -0.25) is 0 Å². The molecule has 0 saturated carbocycles. The summed E-state index contributed by atoms with van der Waals surface area (Å²) in [6.45, 7) is 0. The van der Waals surface area contributed by atoms with Gasteiger partial charge in [-0.15, -0.1) is 0 Å². The summed E-state index contributed by atoms with van der Waals surface area (Å²) in [4.78, 5) is 0. The number of benzene rings is 2. The smallest absolute Gasteiger partial charge is 0.746 e. The molecule has 1 unspecified atom stereocenters. The van der Waals surface area contributed by atoms with E-state index >= 15 is 0 Å². The van der Waals surface area contributed by atoms with Crippen molar-refractivity contribution in [3.8, 4) is 0 Å². The molecule has 142 valence electrons. The molecule has 26 heavy (non-hydrogen) atoms. The fourth-order valence-electron chi connectivity index (χ4n) is 1.89. The van der Waals surface area contributed by atoms with Gasteiger partial charge in [0.1, 0.15) is 15.5 Å². The average molecular weight is 407 g/mol. The molecule has 7 nitrogen and oxygen atoms in total. The van der Waals surface area contributed by atoms with E-state index in [1.807, 2.05) is 0 Å². The molecule has 0 aromatic heterocycles. The van der Waals surface area contributed by atoms with E-state index in [1.165, 1.54) is 30.3 Å². The first-order valence-corrected chi connectivity index (χ1v) is 7.58. The zero-order valence-electron chi connectivity index (χ0n) is 13.5. The number of halogens is 3. The molecule has 7 N–H and O–H groups in total. The van der Waals surface area contributed by atoms with Gasteiger partial charge >= 0.3 is 35.7 Å². The van der Waals surface area contributed by atoms with Crippen LogP contribution in [0.4, 0.5) is 18.9 Å². The van der Waals surface area contributed by atoms with Crippen LogP contribution in [0.2, 0.25) is 0 Å². The molecule has 0 heterocycles. The van der Waals surface area contributed by atoms with Crippen molar-refractivity contribution in [2.45, 2.75) is 11.6 Å². The number of rotatable bonds is 4. The maximum absolute atomic E-state index is 12.7. The maximum Gasteiger partial charge on any atom is 1.00 e. The Morgan fingerprint density at radius 1 is 0.923 bits per heavy atom. The van der Waals surface area contributed by atoms with E-state index in [4.69, 9.17) is 0 Å². The third-order valence-electron chi connectivity index (χ3n) is 2.88. The van der Waals surface area contributed by atoms with Crippen LogP contribution in [0.15, 0.2) is 54.6 Å². The van der Waals surface area contributed by atoms with Crippen LogP contribution in [0.3, 0.4) is 0 Å². The second-order valence-corrected chi connectivity index (χ2v) is 5.96. The Morgan fingerprint density at radius 2 is 1.46 bits per heavy atom.